The molecule has 0 spiro atoms. The van der Waals surface area contributed by atoms with Gasteiger partial charge in [0.05, 0.1) is 6.61 Å². The molecule has 0 aliphatic rings. The molecule has 3 heteroatoms. The summed E-state index contributed by atoms with van der Waals surface area (Å²) in [4.78, 5) is 10.8. The zero-order valence-corrected chi connectivity index (χ0v) is 13.3. The van der Waals surface area contributed by atoms with E-state index < -0.39 is 8.32 Å². The van der Waals surface area contributed by atoms with Crippen LogP contribution in [0.5, 0.6) is 0 Å². The molecule has 0 saturated carbocycles. The highest BCUT2D eigenvalue weighted by Gasteiger charge is 2.44. The molecule has 0 heterocycles. The van der Waals surface area contributed by atoms with E-state index >= 15 is 0 Å². The van der Waals surface area contributed by atoms with Crippen LogP contribution in [-0.4, -0.2) is 20.7 Å². The molecular formula is C14H26O2Si. The normalized spacial score (nSPS) is 11.9. The lowest BCUT2D eigenvalue weighted by atomic mass is 10.4. The van der Waals surface area contributed by atoms with E-state index in [1.54, 1.807) is 0 Å². The molecule has 0 saturated heterocycles. The maximum absolute atomic E-state index is 10.8. The van der Waals surface area contributed by atoms with Crippen molar-refractivity contribution in [2.24, 2.45) is 0 Å². The zero-order chi connectivity index (χ0) is 13.6. The number of carbonyl (C=O) groups is 1. The Hall–Kier alpha value is -0.593. The van der Waals surface area contributed by atoms with Crippen LogP contribution in [0.25, 0.3) is 0 Å². The number of hydrogen-bond donors (Lipinski definition) is 0. The summed E-state index contributed by atoms with van der Waals surface area (Å²) >= 11 is 0. The quantitative estimate of drug-likeness (QED) is 0.424. The van der Waals surface area contributed by atoms with Crippen molar-refractivity contribution >= 4 is 14.1 Å². The molecule has 2 nitrogen and oxygen atoms in total. The smallest absolute Gasteiger partial charge is 0.202 e. The molecule has 0 amide bonds. The van der Waals surface area contributed by atoms with Crippen molar-refractivity contribution in [1.29, 1.82) is 0 Å². The van der Waals surface area contributed by atoms with Crippen molar-refractivity contribution < 1.29 is 9.22 Å². The second-order valence-electron chi connectivity index (χ2n) is 5.46. The number of carbonyl (C=O) groups excluding carboxylic acids is 1. The lowest BCUT2D eigenvalue weighted by Gasteiger charge is -2.41. The third-order valence-corrected chi connectivity index (χ3v) is 9.42. The predicted molar refractivity (Wildman–Crippen MR) is 75.5 cm³/mol. The molecule has 0 atom stereocenters. The molecule has 0 aliphatic carbocycles. The molecule has 0 aromatic rings. The van der Waals surface area contributed by atoms with Gasteiger partial charge in [-0.15, -0.1) is 0 Å². The Bertz CT molecular complexity index is 286. The monoisotopic (exact) mass is 254 g/mol. The second kappa shape index (κ2) is 6.98. The highest BCUT2D eigenvalue weighted by atomic mass is 28.4. The third-order valence-electron chi connectivity index (χ3n) is 3.37. The summed E-state index contributed by atoms with van der Waals surface area (Å²) in [6, 6.07) is 0. The number of rotatable bonds is 5. The number of ketones is 1. The van der Waals surface area contributed by atoms with E-state index in [-0.39, 0.29) is 5.78 Å². The minimum atomic E-state index is -1.81. The first-order valence-corrected chi connectivity index (χ1v) is 8.52. The van der Waals surface area contributed by atoms with Crippen LogP contribution in [-0.2, 0) is 9.22 Å². The predicted octanol–water partition coefficient (Wildman–Crippen LogP) is 3.77. The van der Waals surface area contributed by atoms with E-state index in [4.69, 9.17) is 4.43 Å². The van der Waals surface area contributed by atoms with Crippen molar-refractivity contribution in [3.63, 3.8) is 0 Å². The summed E-state index contributed by atoms with van der Waals surface area (Å²) in [7, 11) is -1.81. The molecule has 17 heavy (non-hydrogen) atoms. The van der Waals surface area contributed by atoms with Crippen LogP contribution in [0.4, 0.5) is 0 Å². The Morgan fingerprint density at radius 1 is 1.06 bits per heavy atom. The van der Waals surface area contributed by atoms with Crippen LogP contribution < -0.4 is 0 Å². The van der Waals surface area contributed by atoms with Gasteiger partial charge in [-0.2, -0.15) is 0 Å². The van der Waals surface area contributed by atoms with Gasteiger partial charge in [0.25, 0.3) is 0 Å². The van der Waals surface area contributed by atoms with Crippen LogP contribution in [0.1, 0.15) is 48.5 Å². The van der Waals surface area contributed by atoms with Gasteiger partial charge in [0.15, 0.2) is 0 Å². The molecular weight excluding hydrogens is 228 g/mol. The van der Waals surface area contributed by atoms with Gasteiger partial charge in [0, 0.05) is 6.92 Å². The van der Waals surface area contributed by atoms with Crippen molar-refractivity contribution in [2.75, 3.05) is 6.61 Å². The number of Topliss-reactive ketones (excluding diaryl/α,β-unsaturated/α-hetero) is 1. The van der Waals surface area contributed by atoms with Gasteiger partial charge in [0.2, 0.25) is 14.1 Å². The first kappa shape index (κ1) is 16.4. The average Bonchev–Trinajstić information content (AvgIpc) is 2.15. The van der Waals surface area contributed by atoms with Gasteiger partial charge in [-0.25, -0.2) is 0 Å². The van der Waals surface area contributed by atoms with E-state index in [9.17, 15) is 4.79 Å². The standard InChI is InChI=1S/C14H26O2Si/c1-11(2)17(12(3)4,13(5)6)16-10-8-9-14(7)15/h11-13H,10H2,1-7H3. The lowest BCUT2D eigenvalue weighted by Crippen LogP contribution is -2.47. The summed E-state index contributed by atoms with van der Waals surface area (Å²) in [6.07, 6.45) is 0. The summed E-state index contributed by atoms with van der Waals surface area (Å²) in [5.74, 6) is 5.26. The summed E-state index contributed by atoms with van der Waals surface area (Å²) in [6.45, 7) is 15.3. The molecule has 0 bridgehead atoms. The van der Waals surface area contributed by atoms with E-state index in [0.29, 0.717) is 23.2 Å². The van der Waals surface area contributed by atoms with Crippen LogP contribution in [0, 0.1) is 11.8 Å². The Balaban J connectivity index is 4.84. The van der Waals surface area contributed by atoms with Crippen LogP contribution >= 0.6 is 0 Å². The molecule has 0 N–H and O–H groups in total. The Morgan fingerprint density at radius 2 is 1.47 bits per heavy atom. The van der Waals surface area contributed by atoms with Crippen LogP contribution in [0.2, 0.25) is 16.6 Å². The SMILES string of the molecule is CC(=O)C#CCO[Si](C(C)C)(C(C)C)C(C)C. The maximum Gasteiger partial charge on any atom is 0.202 e. The first-order valence-electron chi connectivity index (χ1n) is 6.38. The minimum Gasteiger partial charge on any atom is -0.405 e. The fourth-order valence-corrected chi connectivity index (χ4v) is 8.14. The molecule has 0 unspecified atom stereocenters. The van der Waals surface area contributed by atoms with Gasteiger partial charge >= 0.3 is 0 Å². The van der Waals surface area contributed by atoms with Gasteiger partial charge in [-0.1, -0.05) is 47.5 Å². The average molecular weight is 254 g/mol. The Morgan fingerprint density at radius 3 is 1.76 bits per heavy atom. The maximum atomic E-state index is 10.8. The van der Waals surface area contributed by atoms with E-state index in [0.717, 1.165) is 0 Å². The van der Waals surface area contributed by atoms with Crippen LogP contribution in [0.3, 0.4) is 0 Å². The van der Waals surface area contributed by atoms with Gasteiger partial charge < -0.3 is 4.43 Å². The summed E-state index contributed by atoms with van der Waals surface area (Å²) < 4.78 is 6.18. The number of hydrogen-bond acceptors (Lipinski definition) is 2. The van der Waals surface area contributed by atoms with Gasteiger partial charge in [-0.05, 0) is 22.5 Å². The topological polar surface area (TPSA) is 26.3 Å². The van der Waals surface area contributed by atoms with E-state index in [1.807, 2.05) is 0 Å². The highest BCUT2D eigenvalue weighted by Crippen LogP contribution is 2.41. The summed E-state index contributed by atoms with van der Waals surface area (Å²) in [5, 5.41) is 0. The van der Waals surface area contributed by atoms with Crippen molar-refractivity contribution in [1.82, 2.24) is 0 Å². The molecule has 98 valence electrons. The van der Waals surface area contributed by atoms with E-state index in [2.05, 4.69) is 53.4 Å². The Kier molecular flexibility index (Phi) is 6.73. The minimum absolute atomic E-state index is 0.0977. The van der Waals surface area contributed by atoms with Crippen molar-refractivity contribution in [2.45, 2.75) is 65.1 Å². The second-order valence-corrected chi connectivity index (χ2v) is 10.9. The largest absolute Gasteiger partial charge is 0.405 e. The molecule has 0 radical (unpaired) electrons. The first-order chi connectivity index (χ1) is 7.75. The highest BCUT2D eigenvalue weighted by molar-refractivity contribution is 6.77. The molecule has 0 aliphatic heterocycles. The van der Waals surface area contributed by atoms with Crippen molar-refractivity contribution in [3.8, 4) is 11.8 Å². The van der Waals surface area contributed by atoms with E-state index in [1.165, 1.54) is 6.92 Å². The molecule has 0 aromatic heterocycles. The van der Waals surface area contributed by atoms with Gasteiger partial charge in [0.1, 0.15) is 0 Å². The van der Waals surface area contributed by atoms with Gasteiger partial charge in [-0.3, -0.25) is 4.79 Å². The fraction of sp³-hybridized carbons (Fsp3) is 0.786. The fourth-order valence-electron chi connectivity index (χ4n) is 2.82. The lowest BCUT2D eigenvalue weighted by molar-refractivity contribution is -0.111. The molecule has 0 fully saturated rings. The molecule has 0 aromatic carbocycles. The zero-order valence-electron chi connectivity index (χ0n) is 12.3. The third kappa shape index (κ3) is 4.29. The summed E-state index contributed by atoms with van der Waals surface area (Å²) in [5.41, 5.74) is 1.67. The Labute approximate surface area is 107 Å². The van der Waals surface area contributed by atoms with Crippen molar-refractivity contribution in [3.05, 3.63) is 0 Å². The van der Waals surface area contributed by atoms with Crippen LogP contribution in [0.15, 0.2) is 0 Å². The molecule has 0 rings (SSSR count).